The second kappa shape index (κ2) is 7.40. The fourth-order valence-electron chi connectivity index (χ4n) is 2.86. The predicted octanol–water partition coefficient (Wildman–Crippen LogP) is 4.31. The van der Waals surface area contributed by atoms with Crippen molar-refractivity contribution >= 4 is 33.4 Å². The zero-order valence-electron chi connectivity index (χ0n) is 14.3. The minimum Gasteiger partial charge on any atom is -0.345 e. The monoisotopic (exact) mass is 400 g/mol. The SMILES string of the molecule is C[C@H](NC(=O)c1ccccc1N(C)C(=O)C1CC1)c1ccccc1Br. The van der Waals surface area contributed by atoms with Gasteiger partial charge in [0.05, 0.1) is 17.3 Å². The van der Waals surface area contributed by atoms with Crippen molar-refractivity contribution in [1.29, 1.82) is 0 Å². The van der Waals surface area contributed by atoms with Gasteiger partial charge in [-0.15, -0.1) is 0 Å². The van der Waals surface area contributed by atoms with E-state index in [0.717, 1.165) is 22.9 Å². The number of anilines is 1. The van der Waals surface area contributed by atoms with Gasteiger partial charge in [0, 0.05) is 17.4 Å². The Bertz CT molecular complexity index is 802. The van der Waals surface area contributed by atoms with Gasteiger partial charge < -0.3 is 10.2 Å². The number of halogens is 1. The molecule has 2 amide bonds. The van der Waals surface area contributed by atoms with Gasteiger partial charge in [-0.3, -0.25) is 9.59 Å². The van der Waals surface area contributed by atoms with Crippen LogP contribution in [0.4, 0.5) is 5.69 Å². The lowest BCUT2D eigenvalue weighted by atomic mass is 10.1. The van der Waals surface area contributed by atoms with Crippen LogP contribution >= 0.6 is 15.9 Å². The van der Waals surface area contributed by atoms with Crippen molar-refractivity contribution in [2.75, 3.05) is 11.9 Å². The van der Waals surface area contributed by atoms with E-state index in [9.17, 15) is 9.59 Å². The normalized spacial score (nSPS) is 14.7. The first kappa shape index (κ1) is 17.7. The zero-order chi connectivity index (χ0) is 18.0. The van der Waals surface area contributed by atoms with E-state index in [1.54, 1.807) is 18.0 Å². The quantitative estimate of drug-likeness (QED) is 0.812. The third-order valence-electron chi connectivity index (χ3n) is 4.49. The van der Waals surface area contributed by atoms with Crippen LogP contribution in [0.25, 0.3) is 0 Å². The molecule has 2 aromatic carbocycles. The molecule has 1 saturated carbocycles. The molecule has 0 radical (unpaired) electrons. The van der Waals surface area contributed by atoms with Gasteiger partial charge in [0.1, 0.15) is 0 Å². The minimum absolute atomic E-state index is 0.0825. The van der Waals surface area contributed by atoms with E-state index in [1.165, 1.54) is 0 Å². The van der Waals surface area contributed by atoms with Crippen LogP contribution in [0, 0.1) is 5.92 Å². The molecule has 5 heteroatoms. The Morgan fingerprint density at radius 2 is 1.76 bits per heavy atom. The number of carbonyl (C=O) groups is 2. The van der Waals surface area contributed by atoms with Crippen molar-refractivity contribution in [3.05, 3.63) is 64.1 Å². The summed E-state index contributed by atoms with van der Waals surface area (Å²) >= 11 is 3.52. The average Bonchev–Trinajstić information content (AvgIpc) is 3.45. The van der Waals surface area contributed by atoms with Gasteiger partial charge in [-0.05, 0) is 43.5 Å². The largest absolute Gasteiger partial charge is 0.345 e. The van der Waals surface area contributed by atoms with Crippen LogP contribution in [0.2, 0.25) is 0 Å². The second-order valence-corrected chi connectivity index (χ2v) is 7.26. The number of rotatable bonds is 5. The lowest BCUT2D eigenvalue weighted by Gasteiger charge is -2.22. The number of nitrogens with one attached hydrogen (secondary N) is 1. The Morgan fingerprint density at radius 3 is 2.44 bits per heavy atom. The second-order valence-electron chi connectivity index (χ2n) is 6.41. The van der Waals surface area contributed by atoms with E-state index < -0.39 is 0 Å². The molecule has 0 bridgehead atoms. The molecule has 3 rings (SSSR count). The maximum Gasteiger partial charge on any atom is 0.253 e. The molecule has 1 aliphatic rings. The number of para-hydroxylation sites is 1. The Hall–Kier alpha value is -2.14. The van der Waals surface area contributed by atoms with Gasteiger partial charge in [0.25, 0.3) is 5.91 Å². The summed E-state index contributed by atoms with van der Waals surface area (Å²) in [5.41, 5.74) is 2.17. The van der Waals surface area contributed by atoms with Crippen molar-refractivity contribution in [3.8, 4) is 0 Å². The standard InChI is InChI=1S/C20H21BrN2O2/c1-13(15-7-3-5-9-17(15)21)22-19(24)16-8-4-6-10-18(16)23(2)20(25)14-11-12-14/h3-10,13-14H,11-12H2,1-2H3,(H,22,24)/t13-/m0/s1. The van der Waals surface area contributed by atoms with Crippen LogP contribution in [0.5, 0.6) is 0 Å². The number of nitrogens with zero attached hydrogens (tertiary/aromatic N) is 1. The van der Waals surface area contributed by atoms with Crippen LogP contribution < -0.4 is 10.2 Å². The summed E-state index contributed by atoms with van der Waals surface area (Å²) in [6.07, 6.45) is 1.88. The number of benzene rings is 2. The smallest absolute Gasteiger partial charge is 0.253 e. The third-order valence-corrected chi connectivity index (χ3v) is 5.21. The number of amides is 2. The summed E-state index contributed by atoms with van der Waals surface area (Å²) in [4.78, 5) is 26.8. The maximum atomic E-state index is 12.8. The molecule has 4 nitrogen and oxygen atoms in total. The Morgan fingerprint density at radius 1 is 1.12 bits per heavy atom. The number of hydrogen-bond acceptors (Lipinski definition) is 2. The molecule has 0 heterocycles. The van der Waals surface area contributed by atoms with Gasteiger partial charge in [0.15, 0.2) is 0 Å². The summed E-state index contributed by atoms with van der Waals surface area (Å²) in [5, 5.41) is 3.03. The first-order chi connectivity index (χ1) is 12.0. The molecular formula is C20H21BrN2O2. The molecular weight excluding hydrogens is 380 g/mol. The van der Waals surface area contributed by atoms with Crippen molar-refractivity contribution in [2.45, 2.75) is 25.8 Å². The lowest BCUT2D eigenvalue weighted by molar-refractivity contribution is -0.119. The Balaban J connectivity index is 1.80. The number of carbonyl (C=O) groups excluding carboxylic acids is 2. The topological polar surface area (TPSA) is 49.4 Å². The van der Waals surface area contributed by atoms with E-state index in [2.05, 4.69) is 21.2 Å². The van der Waals surface area contributed by atoms with Gasteiger partial charge in [-0.25, -0.2) is 0 Å². The summed E-state index contributed by atoms with van der Waals surface area (Å²) in [5.74, 6) is 0.00807. The summed E-state index contributed by atoms with van der Waals surface area (Å²) in [7, 11) is 1.74. The van der Waals surface area contributed by atoms with Crippen LogP contribution in [0.15, 0.2) is 53.0 Å². The van der Waals surface area contributed by atoms with Crippen LogP contribution in [0.3, 0.4) is 0 Å². The Labute approximate surface area is 156 Å². The van der Waals surface area contributed by atoms with Gasteiger partial charge in [0.2, 0.25) is 5.91 Å². The highest BCUT2D eigenvalue weighted by molar-refractivity contribution is 9.10. The minimum atomic E-state index is -0.186. The summed E-state index contributed by atoms with van der Waals surface area (Å²) in [6, 6.07) is 14.9. The lowest BCUT2D eigenvalue weighted by Crippen LogP contribution is -2.32. The van der Waals surface area contributed by atoms with Crippen LogP contribution in [-0.2, 0) is 4.79 Å². The molecule has 1 fully saturated rings. The highest BCUT2D eigenvalue weighted by Gasteiger charge is 2.33. The molecule has 0 spiro atoms. The van der Waals surface area contributed by atoms with Crippen molar-refractivity contribution in [1.82, 2.24) is 5.32 Å². The van der Waals surface area contributed by atoms with Crippen molar-refractivity contribution < 1.29 is 9.59 Å². The molecule has 25 heavy (non-hydrogen) atoms. The molecule has 1 atom stereocenters. The first-order valence-corrected chi connectivity index (χ1v) is 9.20. The van der Waals surface area contributed by atoms with Crippen LogP contribution in [0.1, 0.15) is 41.7 Å². The molecule has 0 unspecified atom stereocenters. The fraction of sp³-hybridized carbons (Fsp3) is 0.300. The van der Waals surface area contributed by atoms with Gasteiger partial charge in [-0.2, -0.15) is 0 Å². The van der Waals surface area contributed by atoms with E-state index in [0.29, 0.717) is 11.3 Å². The van der Waals surface area contributed by atoms with E-state index in [-0.39, 0.29) is 23.8 Å². The summed E-state index contributed by atoms with van der Waals surface area (Å²) < 4.78 is 0.956. The highest BCUT2D eigenvalue weighted by Crippen LogP contribution is 2.33. The van der Waals surface area contributed by atoms with Gasteiger partial charge >= 0.3 is 0 Å². The first-order valence-electron chi connectivity index (χ1n) is 8.41. The molecule has 130 valence electrons. The van der Waals surface area contributed by atoms with E-state index in [4.69, 9.17) is 0 Å². The fourth-order valence-corrected chi connectivity index (χ4v) is 3.49. The molecule has 1 N–H and O–H groups in total. The molecule has 1 aliphatic carbocycles. The predicted molar refractivity (Wildman–Crippen MR) is 103 cm³/mol. The third kappa shape index (κ3) is 3.93. The maximum absolute atomic E-state index is 12.8. The Kier molecular flexibility index (Phi) is 5.23. The highest BCUT2D eigenvalue weighted by atomic mass is 79.9. The average molecular weight is 401 g/mol. The van der Waals surface area contributed by atoms with E-state index in [1.807, 2.05) is 49.4 Å². The van der Waals surface area contributed by atoms with Crippen LogP contribution in [-0.4, -0.2) is 18.9 Å². The number of hydrogen-bond donors (Lipinski definition) is 1. The molecule has 0 saturated heterocycles. The van der Waals surface area contributed by atoms with E-state index >= 15 is 0 Å². The zero-order valence-corrected chi connectivity index (χ0v) is 15.9. The molecule has 0 aliphatic heterocycles. The van der Waals surface area contributed by atoms with Crippen molar-refractivity contribution in [3.63, 3.8) is 0 Å². The molecule has 0 aromatic heterocycles. The summed E-state index contributed by atoms with van der Waals surface area (Å²) in [6.45, 7) is 1.94. The van der Waals surface area contributed by atoms with Crippen molar-refractivity contribution in [2.24, 2.45) is 5.92 Å². The van der Waals surface area contributed by atoms with Gasteiger partial charge in [-0.1, -0.05) is 46.3 Å². The molecule has 2 aromatic rings.